The van der Waals surface area contributed by atoms with E-state index in [9.17, 15) is 0 Å². The van der Waals surface area contributed by atoms with Gasteiger partial charge in [-0.25, -0.2) is 0 Å². The third-order valence-electron chi connectivity index (χ3n) is 5.23. The molecule has 1 aromatic heterocycles. The van der Waals surface area contributed by atoms with Crippen LogP contribution in [0.5, 0.6) is 0 Å². The maximum atomic E-state index is 6.64. The zero-order valence-electron chi connectivity index (χ0n) is 14.0. The summed E-state index contributed by atoms with van der Waals surface area (Å²) in [6.45, 7) is 9.99. The molecule has 2 N–H and O–H groups in total. The molecule has 0 spiro atoms. The summed E-state index contributed by atoms with van der Waals surface area (Å²) in [5, 5.41) is 4.70. The molecule has 0 aliphatic heterocycles. The van der Waals surface area contributed by atoms with Gasteiger partial charge in [0.05, 0.1) is 15.9 Å². The van der Waals surface area contributed by atoms with Crippen LogP contribution in [-0.4, -0.2) is 15.8 Å². The average Bonchev–Trinajstić information content (AvgIpc) is 2.74. The van der Waals surface area contributed by atoms with Gasteiger partial charge in [-0.05, 0) is 53.4 Å². The molecule has 0 aromatic carbocycles. The van der Waals surface area contributed by atoms with E-state index < -0.39 is 0 Å². The van der Waals surface area contributed by atoms with E-state index in [-0.39, 0.29) is 6.04 Å². The fourth-order valence-electron chi connectivity index (χ4n) is 3.89. The van der Waals surface area contributed by atoms with Crippen LogP contribution in [-0.2, 0) is 19.4 Å². The fraction of sp³-hybridized carbons (Fsp3) is 0.824. The smallest absolute Gasteiger partial charge is 0.0766 e. The fourth-order valence-corrected chi connectivity index (χ4v) is 4.62. The Bertz CT molecular complexity index is 479. The standard InChI is InChI=1S/C17H30BrN3/c1-5-14-16(18)15(21(6-2)20-14)11-13(19)12-9-7-8-10-17(12,3)4/h12-13H,5-11,19H2,1-4H3. The second-order valence-corrected chi connectivity index (χ2v) is 7.88. The van der Waals surface area contributed by atoms with Crippen LogP contribution in [0.1, 0.15) is 64.8 Å². The van der Waals surface area contributed by atoms with Crippen molar-refractivity contribution < 1.29 is 0 Å². The van der Waals surface area contributed by atoms with Crippen LogP contribution in [0, 0.1) is 11.3 Å². The number of halogens is 1. The van der Waals surface area contributed by atoms with Gasteiger partial charge in [-0.2, -0.15) is 5.10 Å². The molecule has 1 aliphatic carbocycles. The molecule has 4 heteroatoms. The summed E-state index contributed by atoms with van der Waals surface area (Å²) >= 11 is 3.75. The lowest BCUT2D eigenvalue weighted by Gasteiger charge is -2.42. The van der Waals surface area contributed by atoms with Crippen molar-refractivity contribution in [3.05, 3.63) is 15.9 Å². The first kappa shape index (κ1) is 17.0. The van der Waals surface area contributed by atoms with Crippen molar-refractivity contribution in [2.24, 2.45) is 17.1 Å². The summed E-state index contributed by atoms with van der Waals surface area (Å²) in [6, 6.07) is 0.225. The van der Waals surface area contributed by atoms with Gasteiger partial charge in [-0.15, -0.1) is 0 Å². The van der Waals surface area contributed by atoms with Crippen LogP contribution < -0.4 is 5.73 Å². The van der Waals surface area contributed by atoms with Crippen molar-refractivity contribution in [2.75, 3.05) is 0 Å². The summed E-state index contributed by atoms with van der Waals surface area (Å²) in [7, 11) is 0. The topological polar surface area (TPSA) is 43.8 Å². The molecule has 1 fully saturated rings. The number of aryl methyl sites for hydroxylation is 2. The van der Waals surface area contributed by atoms with Crippen LogP contribution >= 0.6 is 15.9 Å². The predicted octanol–water partition coefficient (Wildman–Crippen LogP) is 4.31. The van der Waals surface area contributed by atoms with Crippen LogP contribution in [0.15, 0.2) is 4.47 Å². The Morgan fingerprint density at radius 3 is 2.67 bits per heavy atom. The van der Waals surface area contributed by atoms with Gasteiger partial charge in [0.1, 0.15) is 0 Å². The minimum absolute atomic E-state index is 0.225. The summed E-state index contributed by atoms with van der Waals surface area (Å²) in [6.07, 6.45) is 7.15. The van der Waals surface area contributed by atoms with E-state index in [0.29, 0.717) is 11.3 Å². The van der Waals surface area contributed by atoms with Crippen molar-refractivity contribution in [1.29, 1.82) is 0 Å². The van der Waals surface area contributed by atoms with Gasteiger partial charge < -0.3 is 5.73 Å². The highest BCUT2D eigenvalue weighted by atomic mass is 79.9. The van der Waals surface area contributed by atoms with E-state index in [2.05, 4.69) is 48.3 Å². The van der Waals surface area contributed by atoms with E-state index in [0.717, 1.165) is 25.1 Å². The minimum atomic E-state index is 0.225. The van der Waals surface area contributed by atoms with Crippen LogP contribution in [0.3, 0.4) is 0 Å². The lowest BCUT2D eigenvalue weighted by atomic mass is 9.65. The monoisotopic (exact) mass is 355 g/mol. The molecule has 1 aromatic rings. The van der Waals surface area contributed by atoms with E-state index in [1.807, 2.05) is 0 Å². The van der Waals surface area contributed by atoms with E-state index in [4.69, 9.17) is 10.8 Å². The molecule has 0 bridgehead atoms. The van der Waals surface area contributed by atoms with Gasteiger partial charge in [0.25, 0.3) is 0 Å². The molecule has 2 rings (SSSR count). The zero-order chi connectivity index (χ0) is 15.6. The van der Waals surface area contributed by atoms with Gasteiger partial charge in [0.15, 0.2) is 0 Å². The Morgan fingerprint density at radius 2 is 2.10 bits per heavy atom. The molecule has 0 amide bonds. The first-order chi connectivity index (χ1) is 9.90. The lowest BCUT2D eigenvalue weighted by Crippen LogP contribution is -2.43. The molecule has 2 atom stereocenters. The molecule has 1 aliphatic rings. The van der Waals surface area contributed by atoms with Crippen molar-refractivity contribution >= 4 is 15.9 Å². The molecule has 3 nitrogen and oxygen atoms in total. The highest BCUT2D eigenvalue weighted by Gasteiger charge is 2.36. The van der Waals surface area contributed by atoms with E-state index >= 15 is 0 Å². The van der Waals surface area contributed by atoms with E-state index in [1.54, 1.807) is 0 Å². The average molecular weight is 356 g/mol. The Labute approximate surface area is 137 Å². The van der Waals surface area contributed by atoms with Gasteiger partial charge >= 0.3 is 0 Å². The molecule has 120 valence electrons. The van der Waals surface area contributed by atoms with Gasteiger partial charge in [0.2, 0.25) is 0 Å². The molecule has 1 saturated carbocycles. The Hall–Kier alpha value is -0.350. The minimum Gasteiger partial charge on any atom is -0.327 e. The number of nitrogens with two attached hydrogens (primary N) is 1. The number of hydrogen-bond acceptors (Lipinski definition) is 2. The van der Waals surface area contributed by atoms with Gasteiger partial charge in [-0.3, -0.25) is 4.68 Å². The normalized spacial score (nSPS) is 23.2. The summed E-state index contributed by atoms with van der Waals surface area (Å²) in [5.74, 6) is 0.614. The number of rotatable bonds is 5. The highest BCUT2D eigenvalue weighted by molar-refractivity contribution is 9.10. The molecule has 2 unspecified atom stereocenters. The quantitative estimate of drug-likeness (QED) is 0.854. The third kappa shape index (κ3) is 3.53. The van der Waals surface area contributed by atoms with Crippen molar-refractivity contribution in [3.8, 4) is 0 Å². The maximum absolute atomic E-state index is 6.64. The van der Waals surface area contributed by atoms with Crippen molar-refractivity contribution in [3.63, 3.8) is 0 Å². The summed E-state index contributed by atoms with van der Waals surface area (Å²) < 4.78 is 3.30. The Kier molecular flexibility index (Phi) is 5.53. The molecular weight excluding hydrogens is 326 g/mol. The molecular formula is C17H30BrN3. The highest BCUT2D eigenvalue weighted by Crippen LogP contribution is 2.42. The van der Waals surface area contributed by atoms with E-state index in [1.165, 1.54) is 35.8 Å². The van der Waals surface area contributed by atoms with Gasteiger partial charge in [0, 0.05) is 19.0 Å². The second kappa shape index (κ2) is 6.82. The van der Waals surface area contributed by atoms with Crippen LogP contribution in [0.2, 0.25) is 0 Å². The first-order valence-corrected chi connectivity index (χ1v) is 9.19. The molecule has 21 heavy (non-hydrogen) atoms. The van der Waals surface area contributed by atoms with Crippen LogP contribution in [0.25, 0.3) is 0 Å². The summed E-state index contributed by atoms with van der Waals surface area (Å²) in [5.41, 5.74) is 9.44. The van der Waals surface area contributed by atoms with Crippen molar-refractivity contribution in [2.45, 2.75) is 78.8 Å². The lowest BCUT2D eigenvalue weighted by molar-refractivity contribution is 0.111. The summed E-state index contributed by atoms with van der Waals surface area (Å²) in [4.78, 5) is 0. The SMILES string of the molecule is CCc1nn(CC)c(CC(N)C2CCCCC2(C)C)c1Br. The second-order valence-electron chi connectivity index (χ2n) is 7.09. The maximum Gasteiger partial charge on any atom is 0.0766 e. The molecule has 0 radical (unpaired) electrons. The number of nitrogens with zero attached hydrogens (tertiary/aromatic N) is 2. The zero-order valence-corrected chi connectivity index (χ0v) is 15.5. The van der Waals surface area contributed by atoms with Crippen LogP contribution in [0.4, 0.5) is 0 Å². The first-order valence-electron chi connectivity index (χ1n) is 8.40. The molecule has 0 saturated heterocycles. The Balaban J connectivity index is 2.19. The van der Waals surface area contributed by atoms with Crippen molar-refractivity contribution in [1.82, 2.24) is 9.78 Å². The third-order valence-corrected chi connectivity index (χ3v) is 6.15. The molecule has 1 heterocycles. The predicted molar refractivity (Wildman–Crippen MR) is 92.4 cm³/mol. The largest absolute Gasteiger partial charge is 0.327 e. The Morgan fingerprint density at radius 1 is 1.38 bits per heavy atom. The number of hydrogen-bond donors (Lipinski definition) is 1. The van der Waals surface area contributed by atoms with Gasteiger partial charge in [-0.1, -0.05) is 33.6 Å². The number of aromatic nitrogens is 2.